The van der Waals surface area contributed by atoms with Gasteiger partial charge in [0.2, 0.25) is 5.91 Å². The highest BCUT2D eigenvalue weighted by molar-refractivity contribution is 5.94. The van der Waals surface area contributed by atoms with Gasteiger partial charge in [-0.2, -0.15) is 0 Å². The number of Topliss-reactive ketones (excluding diaryl/α,β-unsaturated/α-hetero) is 1. The molecule has 2 aromatic carbocycles. The van der Waals surface area contributed by atoms with Crippen LogP contribution in [0.1, 0.15) is 29.3 Å². The third-order valence-electron chi connectivity index (χ3n) is 5.16. The van der Waals surface area contributed by atoms with Crippen LogP contribution in [0.5, 0.6) is 0 Å². The average molecular weight is 392 g/mol. The predicted molar refractivity (Wildman–Crippen MR) is 118 cm³/mol. The van der Waals surface area contributed by atoms with Crippen LogP contribution < -0.4 is 5.32 Å². The first kappa shape index (κ1) is 20.8. The zero-order chi connectivity index (χ0) is 20.5. The molecule has 1 aliphatic rings. The minimum absolute atomic E-state index is 0.0569. The van der Waals surface area contributed by atoms with Gasteiger partial charge in [-0.25, -0.2) is 0 Å². The van der Waals surface area contributed by atoms with Gasteiger partial charge in [-0.15, -0.1) is 0 Å². The van der Waals surface area contributed by atoms with E-state index >= 15 is 0 Å². The van der Waals surface area contributed by atoms with Crippen molar-refractivity contribution in [1.29, 1.82) is 0 Å². The van der Waals surface area contributed by atoms with E-state index in [1.807, 2.05) is 35.2 Å². The molecule has 1 amide bonds. The number of anilines is 1. The van der Waals surface area contributed by atoms with Gasteiger partial charge in [-0.05, 0) is 36.8 Å². The van der Waals surface area contributed by atoms with Gasteiger partial charge in [0.05, 0.1) is 0 Å². The van der Waals surface area contributed by atoms with Crippen LogP contribution in [0, 0.1) is 0 Å². The third-order valence-corrected chi connectivity index (χ3v) is 5.16. The van der Waals surface area contributed by atoms with Gasteiger partial charge in [0.15, 0.2) is 5.78 Å². The van der Waals surface area contributed by atoms with Crippen LogP contribution in [0.4, 0.5) is 5.69 Å². The summed E-state index contributed by atoms with van der Waals surface area (Å²) in [5.74, 6) is 0.249. The van der Waals surface area contributed by atoms with Crippen LogP contribution in [0.3, 0.4) is 0 Å². The zero-order valence-electron chi connectivity index (χ0n) is 17.0. The topological polar surface area (TPSA) is 52.7 Å². The molecule has 2 aromatic rings. The van der Waals surface area contributed by atoms with Gasteiger partial charge < -0.3 is 10.2 Å². The fourth-order valence-electron chi connectivity index (χ4n) is 3.38. The van der Waals surface area contributed by atoms with Crippen LogP contribution in [-0.4, -0.2) is 60.8 Å². The SMILES string of the molecule is CC(=O)c1ccc(NCCC(=O)N2CCN(C/C=C/c3ccccc3)CC2)cc1. The van der Waals surface area contributed by atoms with Crippen molar-refractivity contribution >= 4 is 23.5 Å². The van der Waals surface area contributed by atoms with E-state index in [2.05, 4.69) is 34.5 Å². The Labute approximate surface area is 173 Å². The van der Waals surface area contributed by atoms with E-state index in [4.69, 9.17) is 0 Å². The average Bonchev–Trinajstić information content (AvgIpc) is 2.75. The lowest BCUT2D eigenvalue weighted by Crippen LogP contribution is -2.48. The molecule has 5 nitrogen and oxygen atoms in total. The standard InChI is InChI=1S/C24H29N3O2/c1-20(28)22-9-11-23(12-10-22)25-14-13-24(29)27-18-16-26(17-19-27)15-5-8-21-6-3-2-4-7-21/h2-12,25H,13-19H2,1H3/b8-5+. The molecule has 29 heavy (non-hydrogen) atoms. The van der Waals surface area contributed by atoms with Gasteiger partial charge in [0.25, 0.3) is 0 Å². The molecular weight excluding hydrogens is 362 g/mol. The highest BCUT2D eigenvalue weighted by Crippen LogP contribution is 2.11. The molecule has 1 N–H and O–H groups in total. The summed E-state index contributed by atoms with van der Waals surface area (Å²) in [5.41, 5.74) is 2.84. The first-order valence-corrected chi connectivity index (χ1v) is 10.2. The molecule has 0 aromatic heterocycles. The maximum atomic E-state index is 12.4. The largest absolute Gasteiger partial charge is 0.385 e. The molecule has 0 bridgehead atoms. The van der Waals surface area contributed by atoms with Gasteiger partial charge in [0.1, 0.15) is 0 Å². The molecule has 0 spiro atoms. The van der Waals surface area contributed by atoms with Crippen molar-refractivity contribution in [3.63, 3.8) is 0 Å². The van der Waals surface area contributed by atoms with E-state index < -0.39 is 0 Å². The third kappa shape index (κ3) is 6.57. The van der Waals surface area contributed by atoms with Gasteiger partial charge in [-0.1, -0.05) is 42.5 Å². The van der Waals surface area contributed by atoms with Crippen LogP contribution in [0.25, 0.3) is 6.08 Å². The summed E-state index contributed by atoms with van der Waals surface area (Å²) in [4.78, 5) is 28.1. The molecule has 1 fully saturated rings. The Kier molecular flexibility index (Phi) is 7.59. The minimum Gasteiger partial charge on any atom is -0.385 e. The van der Waals surface area contributed by atoms with Crippen molar-refractivity contribution in [3.8, 4) is 0 Å². The summed E-state index contributed by atoms with van der Waals surface area (Å²) >= 11 is 0. The van der Waals surface area contributed by atoms with Crippen molar-refractivity contribution in [2.75, 3.05) is 44.6 Å². The van der Waals surface area contributed by atoms with E-state index in [1.54, 1.807) is 19.1 Å². The summed E-state index contributed by atoms with van der Waals surface area (Å²) < 4.78 is 0. The smallest absolute Gasteiger partial charge is 0.224 e. The lowest BCUT2D eigenvalue weighted by Gasteiger charge is -2.34. The van der Waals surface area contributed by atoms with E-state index in [0.717, 1.165) is 38.4 Å². The lowest BCUT2D eigenvalue weighted by atomic mass is 10.1. The molecule has 1 heterocycles. The summed E-state index contributed by atoms with van der Waals surface area (Å²) in [5, 5.41) is 3.25. The number of nitrogens with zero attached hydrogens (tertiary/aromatic N) is 2. The second-order valence-electron chi connectivity index (χ2n) is 7.30. The van der Waals surface area contributed by atoms with E-state index in [0.29, 0.717) is 18.5 Å². The summed E-state index contributed by atoms with van der Waals surface area (Å²) in [6.45, 7) is 6.44. The lowest BCUT2D eigenvalue weighted by molar-refractivity contribution is -0.132. The number of piperazine rings is 1. The zero-order valence-corrected chi connectivity index (χ0v) is 17.0. The highest BCUT2D eigenvalue weighted by Gasteiger charge is 2.19. The highest BCUT2D eigenvalue weighted by atomic mass is 16.2. The number of carbonyl (C=O) groups is 2. The molecule has 3 rings (SSSR count). The Balaban J connectivity index is 1.34. The molecule has 5 heteroatoms. The molecule has 0 unspecified atom stereocenters. The molecule has 0 atom stereocenters. The Hall–Kier alpha value is -2.92. The summed E-state index contributed by atoms with van der Waals surface area (Å²) in [7, 11) is 0. The second-order valence-corrected chi connectivity index (χ2v) is 7.30. The van der Waals surface area contributed by atoms with Gasteiger partial charge in [-0.3, -0.25) is 14.5 Å². The number of rotatable bonds is 8. The fourth-order valence-corrected chi connectivity index (χ4v) is 3.38. The summed E-state index contributed by atoms with van der Waals surface area (Å²) in [6, 6.07) is 17.7. The molecule has 152 valence electrons. The predicted octanol–water partition coefficient (Wildman–Crippen LogP) is 3.55. The number of benzene rings is 2. The van der Waals surface area contributed by atoms with Crippen molar-refractivity contribution in [1.82, 2.24) is 9.80 Å². The summed E-state index contributed by atoms with van der Waals surface area (Å²) in [6.07, 6.45) is 4.81. The quantitative estimate of drug-likeness (QED) is 0.699. The van der Waals surface area contributed by atoms with Gasteiger partial charge >= 0.3 is 0 Å². The van der Waals surface area contributed by atoms with Crippen LogP contribution >= 0.6 is 0 Å². The van der Waals surface area contributed by atoms with Crippen molar-refractivity contribution < 1.29 is 9.59 Å². The molecule has 0 radical (unpaired) electrons. The van der Waals surface area contributed by atoms with Crippen molar-refractivity contribution in [2.24, 2.45) is 0 Å². The number of nitrogens with one attached hydrogen (secondary N) is 1. The molecule has 0 saturated carbocycles. The second kappa shape index (κ2) is 10.6. The van der Waals surface area contributed by atoms with Crippen LogP contribution in [-0.2, 0) is 4.79 Å². The molecule has 0 aliphatic carbocycles. The number of amides is 1. The number of carbonyl (C=O) groups excluding carboxylic acids is 2. The molecule has 1 saturated heterocycles. The Morgan fingerprint density at radius 1 is 0.966 bits per heavy atom. The maximum absolute atomic E-state index is 12.4. The van der Waals surface area contributed by atoms with E-state index in [9.17, 15) is 9.59 Å². The molecular formula is C24H29N3O2. The fraction of sp³-hybridized carbons (Fsp3) is 0.333. The molecule has 1 aliphatic heterocycles. The van der Waals surface area contributed by atoms with E-state index in [1.165, 1.54) is 5.56 Å². The van der Waals surface area contributed by atoms with Crippen molar-refractivity contribution in [3.05, 3.63) is 71.8 Å². The number of hydrogen-bond acceptors (Lipinski definition) is 4. The van der Waals surface area contributed by atoms with Crippen LogP contribution in [0.15, 0.2) is 60.7 Å². The Morgan fingerprint density at radius 2 is 1.66 bits per heavy atom. The Bertz CT molecular complexity index is 823. The minimum atomic E-state index is 0.0569. The van der Waals surface area contributed by atoms with Gasteiger partial charge in [0, 0.05) is 56.9 Å². The monoisotopic (exact) mass is 391 g/mol. The first-order chi connectivity index (χ1) is 14.1. The van der Waals surface area contributed by atoms with E-state index in [-0.39, 0.29) is 11.7 Å². The maximum Gasteiger partial charge on any atom is 0.224 e. The number of ketones is 1. The normalized spacial score (nSPS) is 14.9. The Morgan fingerprint density at radius 3 is 2.31 bits per heavy atom. The first-order valence-electron chi connectivity index (χ1n) is 10.2. The number of hydrogen-bond donors (Lipinski definition) is 1. The van der Waals surface area contributed by atoms with Crippen molar-refractivity contribution in [2.45, 2.75) is 13.3 Å². The van der Waals surface area contributed by atoms with Crippen LogP contribution in [0.2, 0.25) is 0 Å².